The van der Waals surface area contributed by atoms with Crippen LogP contribution in [-0.2, 0) is 0 Å². The number of carbonyl (C=O) groups is 1. The van der Waals surface area contributed by atoms with E-state index >= 15 is 0 Å². The summed E-state index contributed by atoms with van der Waals surface area (Å²) in [5.41, 5.74) is 1.26. The molecule has 4 rings (SSSR count). The number of aromatic nitrogens is 2. The summed E-state index contributed by atoms with van der Waals surface area (Å²) in [4.78, 5) is 22.2. The van der Waals surface area contributed by atoms with Gasteiger partial charge in [-0.25, -0.2) is 4.98 Å². The van der Waals surface area contributed by atoms with Crippen LogP contribution in [0.25, 0.3) is 11.0 Å². The van der Waals surface area contributed by atoms with Gasteiger partial charge in [0.05, 0.1) is 0 Å². The number of hydrogen-bond acceptors (Lipinski definition) is 3. The highest BCUT2D eigenvalue weighted by molar-refractivity contribution is 5.94. The molecule has 2 aromatic rings. The Morgan fingerprint density at radius 3 is 2.86 bits per heavy atom. The van der Waals surface area contributed by atoms with Gasteiger partial charge in [0.15, 0.2) is 0 Å². The van der Waals surface area contributed by atoms with Crippen molar-refractivity contribution < 1.29 is 4.79 Å². The Kier molecular flexibility index (Phi) is 3.15. The summed E-state index contributed by atoms with van der Waals surface area (Å²) >= 11 is 0. The highest BCUT2D eigenvalue weighted by Gasteiger charge is 2.35. The third-order valence-electron chi connectivity index (χ3n) is 4.75. The maximum absolute atomic E-state index is 12.2. The molecule has 110 valence electrons. The number of amides is 1. The predicted octanol–water partition coefficient (Wildman–Crippen LogP) is 1.92. The second kappa shape index (κ2) is 5.15. The minimum Gasteiger partial charge on any atom is -0.348 e. The molecule has 0 unspecified atom stereocenters. The van der Waals surface area contributed by atoms with E-state index in [4.69, 9.17) is 0 Å². The van der Waals surface area contributed by atoms with Crippen LogP contribution in [0, 0.1) is 0 Å². The standard InChI is InChI=1S/C16H20N4O/c21-16(14-4-3-11-5-6-17-15(11)19-14)18-12-9-13(10-12)20-7-1-2-8-20/h3-6,12-13H,1-2,7-10H2,(H,17,19)(H,18,21). The Bertz CT molecular complexity index is 653. The van der Waals surface area contributed by atoms with Crippen LogP contribution in [0.5, 0.6) is 0 Å². The summed E-state index contributed by atoms with van der Waals surface area (Å²) in [5, 5.41) is 4.13. The van der Waals surface area contributed by atoms with Gasteiger partial charge in [-0.15, -0.1) is 0 Å². The first kappa shape index (κ1) is 12.8. The van der Waals surface area contributed by atoms with Crippen molar-refractivity contribution >= 4 is 16.9 Å². The molecule has 1 saturated carbocycles. The highest BCUT2D eigenvalue weighted by Crippen LogP contribution is 2.28. The molecule has 5 heteroatoms. The topological polar surface area (TPSA) is 61.0 Å². The molecule has 0 spiro atoms. The van der Waals surface area contributed by atoms with Crippen LogP contribution < -0.4 is 5.32 Å². The molecule has 2 aromatic heterocycles. The Labute approximate surface area is 123 Å². The summed E-state index contributed by atoms with van der Waals surface area (Å²) < 4.78 is 0. The van der Waals surface area contributed by atoms with Gasteiger partial charge in [0.25, 0.3) is 5.91 Å². The van der Waals surface area contributed by atoms with Crippen molar-refractivity contribution in [1.82, 2.24) is 20.2 Å². The second-order valence-corrected chi connectivity index (χ2v) is 6.15. The summed E-state index contributed by atoms with van der Waals surface area (Å²) in [6.45, 7) is 2.47. The fourth-order valence-corrected chi connectivity index (χ4v) is 3.43. The predicted molar refractivity (Wildman–Crippen MR) is 81.2 cm³/mol. The highest BCUT2D eigenvalue weighted by atomic mass is 16.1. The van der Waals surface area contributed by atoms with Crippen LogP contribution in [0.1, 0.15) is 36.2 Å². The van der Waals surface area contributed by atoms with Gasteiger partial charge in [-0.05, 0) is 57.0 Å². The molecule has 1 aliphatic carbocycles. The molecule has 1 aliphatic heterocycles. The number of carbonyl (C=O) groups excluding carboxylic acids is 1. The van der Waals surface area contributed by atoms with E-state index < -0.39 is 0 Å². The lowest BCUT2D eigenvalue weighted by atomic mass is 9.85. The maximum atomic E-state index is 12.2. The number of pyridine rings is 1. The Hall–Kier alpha value is -1.88. The molecule has 0 radical (unpaired) electrons. The number of aromatic amines is 1. The van der Waals surface area contributed by atoms with Crippen LogP contribution >= 0.6 is 0 Å². The zero-order chi connectivity index (χ0) is 14.2. The fourth-order valence-electron chi connectivity index (χ4n) is 3.43. The molecule has 0 bridgehead atoms. The third-order valence-corrected chi connectivity index (χ3v) is 4.75. The molecule has 0 aromatic carbocycles. The lowest BCUT2D eigenvalue weighted by molar-refractivity contribution is 0.0815. The van der Waals surface area contributed by atoms with Gasteiger partial charge in [0.2, 0.25) is 0 Å². The molecular weight excluding hydrogens is 264 g/mol. The maximum Gasteiger partial charge on any atom is 0.270 e. The van der Waals surface area contributed by atoms with E-state index in [0.29, 0.717) is 17.8 Å². The first-order valence-electron chi connectivity index (χ1n) is 7.79. The molecule has 2 aliphatic rings. The SMILES string of the molecule is O=C(NC1CC(N2CCCC2)C1)c1ccc2cc[nH]c2n1. The van der Waals surface area contributed by atoms with E-state index in [-0.39, 0.29) is 5.91 Å². The van der Waals surface area contributed by atoms with E-state index in [2.05, 4.69) is 20.2 Å². The van der Waals surface area contributed by atoms with Gasteiger partial charge in [-0.2, -0.15) is 0 Å². The van der Waals surface area contributed by atoms with E-state index in [1.807, 2.05) is 18.3 Å². The molecule has 1 amide bonds. The van der Waals surface area contributed by atoms with Gasteiger partial charge in [-0.1, -0.05) is 0 Å². The van der Waals surface area contributed by atoms with Gasteiger partial charge >= 0.3 is 0 Å². The minimum absolute atomic E-state index is 0.0589. The average molecular weight is 284 g/mol. The number of nitrogens with zero attached hydrogens (tertiary/aromatic N) is 2. The van der Waals surface area contributed by atoms with Crippen molar-refractivity contribution in [2.24, 2.45) is 0 Å². The van der Waals surface area contributed by atoms with Gasteiger partial charge in [0.1, 0.15) is 11.3 Å². The molecule has 21 heavy (non-hydrogen) atoms. The van der Waals surface area contributed by atoms with E-state index in [9.17, 15) is 4.79 Å². The van der Waals surface area contributed by atoms with Crippen LogP contribution in [0.4, 0.5) is 0 Å². The Balaban J connectivity index is 1.35. The van der Waals surface area contributed by atoms with Crippen LogP contribution in [0.3, 0.4) is 0 Å². The van der Waals surface area contributed by atoms with Crippen molar-refractivity contribution in [1.29, 1.82) is 0 Å². The molecule has 2 N–H and O–H groups in total. The molecule has 0 atom stereocenters. The number of fused-ring (bicyclic) bond motifs is 1. The molecular formula is C16H20N4O. The second-order valence-electron chi connectivity index (χ2n) is 6.15. The van der Waals surface area contributed by atoms with Crippen molar-refractivity contribution in [3.8, 4) is 0 Å². The quantitative estimate of drug-likeness (QED) is 0.905. The largest absolute Gasteiger partial charge is 0.348 e. The van der Waals surface area contributed by atoms with Gasteiger partial charge < -0.3 is 15.2 Å². The Morgan fingerprint density at radius 2 is 2.05 bits per heavy atom. The number of likely N-dealkylation sites (tertiary alicyclic amines) is 1. The number of nitrogens with one attached hydrogen (secondary N) is 2. The van der Waals surface area contributed by atoms with E-state index in [1.165, 1.54) is 25.9 Å². The van der Waals surface area contributed by atoms with Crippen LogP contribution in [0.15, 0.2) is 24.4 Å². The fraction of sp³-hybridized carbons (Fsp3) is 0.500. The third kappa shape index (κ3) is 2.42. The normalized spacial score (nSPS) is 25.9. The summed E-state index contributed by atoms with van der Waals surface area (Å²) in [5.74, 6) is -0.0589. The van der Waals surface area contributed by atoms with Crippen LogP contribution in [0.2, 0.25) is 0 Å². The van der Waals surface area contributed by atoms with Gasteiger partial charge in [-0.3, -0.25) is 4.79 Å². The lowest BCUT2D eigenvalue weighted by Crippen LogP contribution is -2.53. The Morgan fingerprint density at radius 1 is 1.24 bits per heavy atom. The zero-order valence-electron chi connectivity index (χ0n) is 12.0. The summed E-state index contributed by atoms with van der Waals surface area (Å²) in [6, 6.07) is 6.67. The lowest BCUT2D eigenvalue weighted by Gasteiger charge is -2.41. The molecule has 1 saturated heterocycles. The van der Waals surface area contributed by atoms with Crippen molar-refractivity contribution in [2.75, 3.05) is 13.1 Å². The number of hydrogen-bond donors (Lipinski definition) is 2. The van der Waals surface area contributed by atoms with Crippen molar-refractivity contribution in [2.45, 2.75) is 37.8 Å². The summed E-state index contributed by atoms with van der Waals surface area (Å²) in [7, 11) is 0. The van der Waals surface area contributed by atoms with E-state index in [1.54, 1.807) is 6.07 Å². The average Bonchev–Trinajstić information content (AvgIpc) is 3.11. The molecule has 5 nitrogen and oxygen atoms in total. The first-order chi connectivity index (χ1) is 10.3. The molecule has 2 fully saturated rings. The van der Waals surface area contributed by atoms with Crippen molar-refractivity contribution in [3.05, 3.63) is 30.1 Å². The van der Waals surface area contributed by atoms with Crippen LogP contribution in [-0.4, -0.2) is 45.9 Å². The smallest absolute Gasteiger partial charge is 0.270 e. The molecule has 3 heterocycles. The summed E-state index contributed by atoms with van der Waals surface area (Å²) in [6.07, 6.45) is 6.65. The monoisotopic (exact) mass is 284 g/mol. The van der Waals surface area contributed by atoms with E-state index in [0.717, 1.165) is 23.9 Å². The zero-order valence-corrected chi connectivity index (χ0v) is 12.0. The van der Waals surface area contributed by atoms with Crippen molar-refractivity contribution in [3.63, 3.8) is 0 Å². The number of rotatable bonds is 3. The van der Waals surface area contributed by atoms with Gasteiger partial charge in [0, 0.05) is 23.7 Å². The number of H-pyrrole nitrogens is 1. The first-order valence-corrected chi connectivity index (χ1v) is 7.79. The minimum atomic E-state index is -0.0589.